The van der Waals surface area contributed by atoms with E-state index in [1.807, 2.05) is 0 Å². The molecular weight excluding hydrogens is 246 g/mol. The Morgan fingerprint density at radius 3 is 2.40 bits per heavy atom. The Kier molecular flexibility index (Phi) is 5.13. The molecule has 1 N–H and O–H groups in total. The lowest BCUT2D eigenvalue weighted by Gasteiger charge is -2.46. The third kappa shape index (κ3) is 3.03. The van der Waals surface area contributed by atoms with Crippen molar-refractivity contribution < 1.29 is 5.11 Å². The molecule has 0 bridgehead atoms. The van der Waals surface area contributed by atoms with Crippen LogP contribution in [-0.2, 0) is 0 Å². The van der Waals surface area contributed by atoms with Crippen LogP contribution in [0.15, 0.2) is 0 Å². The lowest BCUT2D eigenvalue weighted by Crippen LogP contribution is -2.49. The van der Waals surface area contributed by atoms with Gasteiger partial charge in [0, 0.05) is 0 Å². The van der Waals surface area contributed by atoms with Crippen LogP contribution in [0.25, 0.3) is 0 Å². The molecule has 2 unspecified atom stereocenters. The van der Waals surface area contributed by atoms with Gasteiger partial charge in [-0.25, -0.2) is 0 Å². The second kappa shape index (κ2) is 6.48. The topological polar surface area (TPSA) is 44.0 Å². The second-order valence-corrected chi connectivity index (χ2v) is 7.49. The van der Waals surface area contributed by atoms with Gasteiger partial charge < -0.3 is 5.11 Å². The smallest absolute Gasteiger partial charge is 0.0860 e. The van der Waals surface area contributed by atoms with Gasteiger partial charge in [-0.05, 0) is 56.8 Å². The Morgan fingerprint density at radius 1 is 1.10 bits per heavy atom. The Morgan fingerprint density at radius 2 is 1.80 bits per heavy atom. The van der Waals surface area contributed by atoms with Crippen LogP contribution in [0, 0.1) is 28.6 Å². The maximum Gasteiger partial charge on any atom is 0.0860 e. The highest BCUT2D eigenvalue weighted by atomic mass is 16.3. The van der Waals surface area contributed by atoms with Gasteiger partial charge in [-0.2, -0.15) is 5.26 Å². The van der Waals surface area contributed by atoms with Crippen molar-refractivity contribution in [3.8, 4) is 6.07 Å². The van der Waals surface area contributed by atoms with Gasteiger partial charge in [-0.3, -0.25) is 0 Å². The Balaban J connectivity index is 2.09. The molecule has 0 aliphatic heterocycles. The minimum Gasteiger partial charge on any atom is -0.388 e. The van der Waals surface area contributed by atoms with Gasteiger partial charge in [0.05, 0.1) is 17.1 Å². The minimum absolute atomic E-state index is 0.457. The SMILES string of the molecule is CCCC1CCC(C#N)(C2(O)CCCC(C)CC2)CC1. The summed E-state index contributed by atoms with van der Waals surface area (Å²) >= 11 is 0. The fraction of sp³-hybridized carbons (Fsp3) is 0.944. The average molecular weight is 277 g/mol. The Hall–Kier alpha value is -0.550. The number of nitriles is 1. The van der Waals surface area contributed by atoms with Gasteiger partial charge in [0.1, 0.15) is 0 Å². The quantitative estimate of drug-likeness (QED) is 0.752. The fourth-order valence-corrected chi connectivity index (χ4v) is 4.52. The summed E-state index contributed by atoms with van der Waals surface area (Å²) in [4.78, 5) is 0. The molecule has 0 saturated heterocycles. The highest BCUT2D eigenvalue weighted by Gasteiger charge is 2.52. The lowest BCUT2D eigenvalue weighted by atomic mass is 9.59. The molecule has 0 heterocycles. The molecule has 0 aromatic rings. The van der Waals surface area contributed by atoms with E-state index in [2.05, 4.69) is 19.9 Å². The van der Waals surface area contributed by atoms with Gasteiger partial charge in [-0.15, -0.1) is 0 Å². The highest BCUT2D eigenvalue weighted by Crippen LogP contribution is 2.52. The van der Waals surface area contributed by atoms with Crippen molar-refractivity contribution in [2.75, 3.05) is 0 Å². The van der Waals surface area contributed by atoms with Gasteiger partial charge in [0.15, 0.2) is 0 Å². The summed E-state index contributed by atoms with van der Waals surface area (Å²) < 4.78 is 0. The molecule has 20 heavy (non-hydrogen) atoms. The van der Waals surface area contributed by atoms with Crippen LogP contribution in [0.4, 0.5) is 0 Å². The van der Waals surface area contributed by atoms with E-state index in [9.17, 15) is 10.4 Å². The third-order valence-corrected chi connectivity index (χ3v) is 6.10. The molecule has 2 rings (SSSR count). The van der Waals surface area contributed by atoms with Crippen molar-refractivity contribution in [2.24, 2.45) is 17.3 Å². The van der Waals surface area contributed by atoms with E-state index >= 15 is 0 Å². The first kappa shape index (κ1) is 15.8. The van der Waals surface area contributed by atoms with Crippen LogP contribution in [0.5, 0.6) is 0 Å². The summed E-state index contributed by atoms with van der Waals surface area (Å²) in [6, 6.07) is 2.58. The molecule has 2 fully saturated rings. The van der Waals surface area contributed by atoms with Gasteiger partial charge in [0.25, 0.3) is 0 Å². The van der Waals surface area contributed by atoms with Crippen molar-refractivity contribution in [1.29, 1.82) is 5.26 Å². The second-order valence-electron chi connectivity index (χ2n) is 7.49. The standard InChI is InChI=1S/C18H31NO/c1-3-5-16-8-11-17(14-19,12-9-16)18(20)10-4-6-15(2)7-13-18/h15-16,20H,3-13H2,1-2H3. The molecule has 0 aromatic heterocycles. The van der Waals surface area contributed by atoms with Crippen molar-refractivity contribution in [3.63, 3.8) is 0 Å². The zero-order chi connectivity index (χ0) is 14.6. The van der Waals surface area contributed by atoms with Crippen molar-refractivity contribution in [2.45, 2.75) is 90.1 Å². The summed E-state index contributed by atoms with van der Waals surface area (Å²) in [6.45, 7) is 4.52. The molecule has 0 amide bonds. The zero-order valence-corrected chi connectivity index (χ0v) is 13.3. The first-order chi connectivity index (χ1) is 9.55. The van der Waals surface area contributed by atoms with E-state index in [0.717, 1.165) is 57.3 Å². The predicted molar refractivity (Wildman–Crippen MR) is 82.1 cm³/mol. The average Bonchev–Trinajstić information content (AvgIpc) is 2.63. The Labute approximate surface area is 124 Å². The molecule has 2 aliphatic carbocycles. The van der Waals surface area contributed by atoms with Crippen molar-refractivity contribution >= 4 is 0 Å². The number of rotatable bonds is 3. The maximum atomic E-state index is 11.2. The lowest BCUT2D eigenvalue weighted by molar-refractivity contribution is -0.0893. The van der Waals surface area contributed by atoms with Crippen LogP contribution < -0.4 is 0 Å². The summed E-state index contributed by atoms with van der Waals surface area (Å²) in [6.07, 6.45) is 11.7. The van der Waals surface area contributed by atoms with Gasteiger partial charge in [0.2, 0.25) is 0 Å². The van der Waals surface area contributed by atoms with E-state index < -0.39 is 11.0 Å². The number of nitrogens with zero attached hydrogens (tertiary/aromatic N) is 1. The summed E-state index contributed by atoms with van der Waals surface area (Å²) in [5, 5.41) is 21.1. The minimum atomic E-state index is -0.719. The highest BCUT2D eigenvalue weighted by molar-refractivity contribution is 5.13. The summed E-state index contributed by atoms with van der Waals surface area (Å²) in [5.41, 5.74) is -1.18. The number of aliphatic hydroxyl groups is 1. The van der Waals surface area contributed by atoms with E-state index in [0.29, 0.717) is 5.92 Å². The fourth-order valence-electron chi connectivity index (χ4n) is 4.52. The van der Waals surface area contributed by atoms with E-state index in [1.54, 1.807) is 0 Å². The van der Waals surface area contributed by atoms with Crippen LogP contribution in [0.2, 0.25) is 0 Å². The molecular formula is C18H31NO. The molecule has 2 aliphatic rings. The van der Waals surface area contributed by atoms with Crippen molar-refractivity contribution in [3.05, 3.63) is 0 Å². The number of hydrogen-bond donors (Lipinski definition) is 1. The predicted octanol–water partition coefficient (Wildman–Crippen LogP) is 4.82. The molecule has 114 valence electrons. The molecule has 2 atom stereocenters. The molecule has 2 nitrogen and oxygen atoms in total. The maximum absolute atomic E-state index is 11.2. The van der Waals surface area contributed by atoms with Gasteiger partial charge in [-0.1, -0.05) is 39.5 Å². The van der Waals surface area contributed by atoms with E-state index in [1.165, 1.54) is 19.3 Å². The summed E-state index contributed by atoms with van der Waals surface area (Å²) in [5.74, 6) is 1.49. The van der Waals surface area contributed by atoms with Crippen LogP contribution in [0.3, 0.4) is 0 Å². The molecule has 2 saturated carbocycles. The van der Waals surface area contributed by atoms with Gasteiger partial charge >= 0.3 is 0 Å². The van der Waals surface area contributed by atoms with Crippen molar-refractivity contribution in [1.82, 2.24) is 0 Å². The summed E-state index contributed by atoms with van der Waals surface area (Å²) in [7, 11) is 0. The molecule has 0 spiro atoms. The van der Waals surface area contributed by atoms with Crippen LogP contribution >= 0.6 is 0 Å². The molecule has 0 radical (unpaired) electrons. The van der Waals surface area contributed by atoms with E-state index in [4.69, 9.17) is 0 Å². The van der Waals surface area contributed by atoms with E-state index in [-0.39, 0.29) is 0 Å². The Bertz CT molecular complexity index is 351. The first-order valence-electron chi connectivity index (χ1n) is 8.69. The first-order valence-corrected chi connectivity index (χ1v) is 8.69. The number of hydrogen-bond acceptors (Lipinski definition) is 2. The molecule has 0 aromatic carbocycles. The monoisotopic (exact) mass is 277 g/mol. The van der Waals surface area contributed by atoms with Crippen LogP contribution in [-0.4, -0.2) is 10.7 Å². The molecule has 2 heteroatoms. The largest absolute Gasteiger partial charge is 0.388 e. The normalized spacial score (nSPS) is 42.7. The van der Waals surface area contributed by atoms with Crippen LogP contribution in [0.1, 0.15) is 84.5 Å². The zero-order valence-electron chi connectivity index (χ0n) is 13.3. The third-order valence-electron chi connectivity index (χ3n) is 6.10.